The van der Waals surface area contributed by atoms with Crippen LogP contribution in [0.5, 0.6) is 0 Å². The Balaban J connectivity index is 1.33. The number of esters is 1. The summed E-state index contributed by atoms with van der Waals surface area (Å²) in [5, 5.41) is 2.38. The van der Waals surface area contributed by atoms with Crippen molar-refractivity contribution in [2.75, 3.05) is 19.6 Å². The fourth-order valence-corrected chi connectivity index (χ4v) is 4.85. The molecule has 0 radical (unpaired) electrons. The minimum absolute atomic E-state index is 0.160. The smallest absolute Gasteiger partial charge is 0.330 e. The van der Waals surface area contributed by atoms with E-state index in [0.29, 0.717) is 26.2 Å². The van der Waals surface area contributed by atoms with Crippen molar-refractivity contribution < 1.29 is 14.3 Å². The predicted molar refractivity (Wildman–Crippen MR) is 144 cm³/mol. The Hall–Kier alpha value is -4.00. The SMILES string of the molecule is NC(C(=O)N1CCN(Cc2ccc3ccccc3c2)CC1C(=O)OCc1ccccc1)c1ccccc1. The molecule has 1 aliphatic heterocycles. The predicted octanol–water partition coefficient (Wildman–Crippen LogP) is 4.30. The lowest BCUT2D eigenvalue weighted by Crippen LogP contribution is -2.59. The van der Waals surface area contributed by atoms with E-state index in [1.807, 2.05) is 72.8 Å². The molecule has 2 N–H and O–H groups in total. The Bertz CT molecular complexity index is 1360. The third-order valence-electron chi connectivity index (χ3n) is 6.89. The Kier molecular flexibility index (Phi) is 7.59. The van der Waals surface area contributed by atoms with Crippen LogP contribution in [0.4, 0.5) is 0 Å². The molecule has 6 heteroatoms. The Morgan fingerprint density at radius 2 is 1.49 bits per heavy atom. The van der Waals surface area contributed by atoms with Crippen LogP contribution >= 0.6 is 0 Å². The van der Waals surface area contributed by atoms with Crippen LogP contribution in [0.3, 0.4) is 0 Å². The average Bonchev–Trinajstić information content (AvgIpc) is 2.96. The van der Waals surface area contributed by atoms with Gasteiger partial charge in [-0.05, 0) is 33.5 Å². The molecule has 188 valence electrons. The van der Waals surface area contributed by atoms with Crippen molar-refractivity contribution >= 4 is 22.6 Å². The molecule has 0 aliphatic carbocycles. The van der Waals surface area contributed by atoms with Crippen LogP contribution in [-0.2, 0) is 27.5 Å². The fraction of sp³-hybridized carbons (Fsp3) is 0.226. The third kappa shape index (κ3) is 5.88. The standard InChI is InChI=1S/C31H31N3O3/c32-29(26-12-5-2-6-13-26)30(35)34-18-17-33(20-24-15-16-25-11-7-8-14-27(25)19-24)21-28(34)31(36)37-22-23-9-3-1-4-10-23/h1-16,19,28-29H,17-18,20-22,32H2. The average molecular weight is 494 g/mol. The number of amides is 1. The van der Waals surface area contributed by atoms with Crippen molar-refractivity contribution in [2.24, 2.45) is 5.73 Å². The number of carbonyl (C=O) groups is 2. The molecule has 1 fully saturated rings. The lowest BCUT2D eigenvalue weighted by atomic mass is 10.0. The molecule has 1 saturated heterocycles. The second-order valence-electron chi connectivity index (χ2n) is 9.45. The number of piperazine rings is 1. The van der Waals surface area contributed by atoms with Gasteiger partial charge in [0.25, 0.3) is 0 Å². The molecule has 1 aliphatic rings. The number of hydrogen-bond acceptors (Lipinski definition) is 5. The highest BCUT2D eigenvalue weighted by Crippen LogP contribution is 2.22. The van der Waals surface area contributed by atoms with Crippen LogP contribution in [0, 0.1) is 0 Å². The van der Waals surface area contributed by atoms with Crippen molar-refractivity contribution in [1.82, 2.24) is 9.80 Å². The largest absolute Gasteiger partial charge is 0.459 e. The number of ether oxygens (including phenoxy) is 1. The van der Waals surface area contributed by atoms with Crippen LogP contribution in [0.2, 0.25) is 0 Å². The van der Waals surface area contributed by atoms with E-state index >= 15 is 0 Å². The summed E-state index contributed by atoms with van der Waals surface area (Å²) in [6, 6.07) is 31.9. The van der Waals surface area contributed by atoms with Crippen LogP contribution in [0.1, 0.15) is 22.7 Å². The summed E-state index contributed by atoms with van der Waals surface area (Å²) in [4.78, 5) is 30.6. The van der Waals surface area contributed by atoms with Gasteiger partial charge in [0.15, 0.2) is 0 Å². The second-order valence-corrected chi connectivity index (χ2v) is 9.45. The number of fused-ring (bicyclic) bond motifs is 1. The number of carbonyl (C=O) groups excluding carboxylic acids is 2. The monoisotopic (exact) mass is 493 g/mol. The van der Waals surface area contributed by atoms with Gasteiger partial charge < -0.3 is 15.4 Å². The molecule has 5 rings (SSSR count). The van der Waals surface area contributed by atoms with Crippen molar-refractivity contribution in [3.63, 3.8) is 0 Å². The lowest BCUT2D eigenvalue weighted by Gasteiger charge is -2.41. The molecule has 0 bridgehead atoms. The van der Waals surface area contributed by atoms with Gasteiger partial charge in [0, 0.05) is 26.2 Å². The summed E-state index contributed by atoms with van der Waals surface area (Å²) in [5.74, 6) is -0.682. The number of rotatable bonds is 7. The molecular weight excluding hydrogens is 462 g/mol. The first-order chi connectivity index (χ1) is 18.1. The van der Waals surface area contributed by atoms with Crippen LogP contribution in [-0.4, -0.2) is 47.4 Å². The third-order valence-corrected chi connectivity index (χ3v) is 6.89. The van der Waals surface area contributed by atoms with Gasteiger partial charge in [-0.25, -0.2) is 4.79 Å². The zero-order chi connectivity index (χ0) is 25.6. The minimum atomic E-state index is -0.835. The van der Waals surface area contributed by atoms with E-state index in [4.69, 9.17) is 10.5 Å². The van der Waals surface area contributed by atoms with Crippen LogP contribution in [0.15, 0.2) is 103 Å². The van der Waals surface area contributed by atoms with Crippen molar-refractivity contribution in [3.05, 3.63) is 120 Å². The van der Waals surface area contributed by atoms with Gasteiger partial charge in [0.1, 0.15) is 18.7 Å². The summed E-state index contributed by atoms with van der Waals surface area (Å²) < 4.78 is 5.69. The molecule has 2 unspecified atom stereocenters. The summed E-state index contributed by atoms with van der Waals surface area (Å²) in [5.41, 5.74) is 9.14. The van der Waals surface area contributed by atoms with E-state index in [9.17, 15) is 9.59 Å². The molecule has 1 amide bonds. The summed E-state index contributed by atoms with van der Waals surface area (Å²) in [6.45, 7) is 2.27. The highest BCUT2D eigenvalue weighted by molar-refractivity contribution is 5.88. The summed E-state index contributed by atoms with van der Waals surface area (Å²) >= 11 is 0. The van der Waals surface area contributed by atoms with Gasteiger partial charge in [-0.3, -0.25) is 9.69 Å². The first-order valence-electron chi connectivity index (χ1n) is 12.6. The van der Waals surface area contributed by atoms with Gasteiger partial charge in [0.2, 0.25) is 5.91 Å². The van der Waals surface area contributed by atoms with E-state index in [-0.39, 0.29) is 12.5 Å². The maximum Gasteiger partial charge on any atom is 0.330 e. The molecule has 6 nitrogen and oxygen atoms in total. The highest BCUT2D eigenvalue weighted by Gasteiger charge is 2.38. The normalized spacial score (nSPS) is 16.9. The molecule has 0 aromatic heterocycles. The molecule has 4 aromatic rings. The van der Waals surface area contributed by atoms with Crippen LogP contribution in [0.25, 0.3) is 10.8 Å². The van der Waals surface area contributed by atoms with Crippen molar-refractivity contribution in [2.45, 2.75) is 25.2 Å². The first kappa shape index (κ1) is 24.7. The van der Waals surface area contributed by atoms with Gasteiger partial charge in [0.05, 0.1) is 0 Å². The van der Waals surface area contributed by atoms with Crippen molar-refractivity contribution in [1.29, 1.82) is 0 Å². The molecule has 2 atom stereocenters. The Morgan fingerprint density at radius 3 is 2.24 bits per heavy atom. The maximum atomic E-state index is 13.5. The zero-order valence-corrected chi connectivity index (χ0v) is 20.7. The highest BCUT2D eigenvalue weighted by atomic mass is 16.5. The summed E-state index contributed by atoms with van der Waals surface area (Å²) in [7, 11) is 0. The molecule has 0 spiro atoms. The lowest BCUT2D eigenvalue weighted by molar-refractivity contribution is -0.160. The number of nitrogens with zero attached hydrogens (tertiary/aromatic N) is 2. The molecular formula is C31H31N3O3. The second kappa shape index (κ2) is 11.4. The van der Waals surface area contributed by atoms with Gasteiger partial charge in [-0.1, -0.05) is 97.1 Å². The maximum absolute atomic E-state index is 13.5. The summed E-state index contributed by atoms with van der Waals surface area (Å²) in [6.07, 6.45) is 0. The van der Waals surface area contributed by atoms with Gasteiger partial charge >= 0.3 is 5.97 Å². The number of hydrogen-bond donors (Lipinski definition) is 1. The molecule has 4 aromatic carbocycles. The number of nitrogens with two attached hydrogens (primary N) is 1. The van der Waals surface area contributed by atoms with E-state index in [1.165, 1.54) is 10.8 Å². The van der Waals surface area contributed by atoms with Gasteiger partial charge in [-0.15, -0.1) is 0 Å². The van der Waals surface area contributed by atoms with E-state index in [0.717, 1.165) is 16.7 Å². The van der Waals surface area contributed by atoms with Gasteiger partial charge in [-0.2, -0.15) is 0 Å². The van der Waals surface area contributed by atoms with E-state index in [1.54, 1.807) is 4.90 Å². The van der Waals surface area contributed by atoms with E-state index in [2.05, 4.69) is 35.2 Å². The van der Waals surface area contributed by atoms with E-state index < -0.39 is 18.1 Å². The number of benzene rings is 4. The van der Waals surface area contributed by atoms with Crippen molar-refractivity contribution in [3.8, 4) is 0 Å². The topological polar surface area (TPSA) is 75.9 Å². The quantitative estimate of drug-likeness (QED) is 0.389. The molecule has 37 heavy (non-hydrogen) atoms. The molecule has 1 heterocycles. The Morgan fingerprint density at radius 1 is 0.811 bits per heavy atom. The molecule has 0 saturated carbocycles. The zero-order valence-electron chi connectivity index (χ0n) is 20.7. The Labute approximate surface area is 217 Å². The first-order valence-corrected chi connectivity index (χ1v) is 12.6. The van der Waals surface area contributed by atoms with Crippen LogP contribution < -0.4 is 5.73 Å². The minimum Gasteiger partial charge on any atom is -0.459 e. The fourth-order valence-electron chi connectivity index (χ4n) is 4.85.